The molecule has 0 N–H and O–H groups in total. The molecule has 9 heteroatoms. The molecule has 0 saturated heterocycles. The highest BCUT2D eigenvalue weighted by Gasteiger charge is 2.25. The van der Waals surface area contributed by atoms with E-state index < -0.39 is 29.7 Å². The second-order valence-corrected chi connectivity index (χ2v) is 8.24. The Morgan fingerprint density at radius 1 is 0.450 bits per heavy atom. The van der Waals surface area contributed by atoms with Crippen molar-refractivity contribution in [3.63, 3.8) is 0 Å². The number of methoxy groups -OCH3 is 2. The number of ketones is 1. The van der Waals surface area contributed by atoms with Gasteiger partial charge in [0.2, 0.25) is 0 Å². The first-order chi connectivity index (χ1) is 19.3. The number of carbonyl (C=O) groups is 5. The minimum atomic E-state index is -0.880. The summed E-state index contributed by atoms with van der Waals surface area (Å²) in [6, 6.07) is 24.0. The minimum absolute atomic E-state index is 0.0147. The first kappa shape index (κ1) is 27.5. The minimum Gasteiger partial charge on any atom is -0.465 e. The van der Waals surface area contributed by atoms with Crippen molar-refractivity contribution in [1.82, 2.24) is 0 Å². The molecule has 0 fully saturated rings. The Morgan fingerprint density at radius 3 is 1.18 bits per heavy atom. The highest BCUT2D eigenvalue weighted by atomic mass is 16.5. The molecule has 4 rings (SSSR count). The van der Waals surface area contributed by atoms with Crippen LogP contribution in [-0.2, 0) is 9.47 Å². The van der Waals surface area contributed by atoms with E-state index in [1.54, 1.807) is 60.7 Å². The molecule has 0 aliphatic heterocycles. The van der Waals surface area contributed by atoms with Crippen LogP contribution >= 0.6 is 0 Å². The fourth-order valence-electron chi connectivity index (χ4n) is 3.75. The van der Waals surface area contributed by atoms with Crippen molar-refractivity contribution in [2.75, 3.05) is 14.2 Å². The van der Waals surface area contributed by atoms with Crippen LogP contribution in [0.4, 0.5) is 0 Å². The molecule has 4 aromatic rings. The van der Waals surface area contributed by atoms with Crippen LogP contribution in [0.1, 0.15) is 57.4 Å². The van der Waals surface area contributed by atoms with Crippen molar-refractivity contribution in [2.45, 2.75) is 0 Å². The van der Waals surface area contributed by atoms with E-state index in [9.17, 15) is 24.0 Å². The van der Waals surface area contributed by atoms with Crippen molar-refractivity contribution >= 4 is 29.7 Å². The Balaban J connectivity index is 1.72. The lowest BCUT2D eigenvalue weighted by Gasteiger charge is -2.12. The SMILES string of the molecule is COC(=O)c1ccc(C(=O)c2ccc(C(=O)OC)c(C(=O)Oc3ccccc3)c2)cc1C(=O)Oc1ccccc1. The van der Waals surface area contributed by atoms with Crippen LogP contribution in [0.15, 0.2) is 97.1 Å². The van der Waals surface area contributed by atoms with Crippen molar-refractivity contribution in [1.29, 1.82) is 0 Å². The predicted octanol–water partition coefficient (Wildman–Crippen LogP) is 4.93. The van der Waals surface area contributed by atoms with Crippen molar-refractivity contribution in [2.24, 2.45) is 0 Å². The zero-order valence-corrected chi connectivity index (χ0v) is 21.4. The quantitative estimate of drug-likeness (QED) is 0.175. The van der Waals surface area contributed by atoms with E-state index in [1.807, 2.05) is 0 Å². The largest absolute Gasteiger partial charge is 0.465 e. The summed E-state index contributed by atoms with van der Waals surface area (Å²) in [6.07, 6.45) is 0. The van der Waals surface area contributed by atoms with Gasteiger partial charge >= 0.3 is 23.9 Å². The molecule has 0 aromatic heterocycles. The Labute approximate surface area is 228 Å². The van der Waals surface area contributed by atoms with E-state index in [0.29, 0.717) is 0 Å². The summed E-state index contributed by atoms with van der Waals surface area (Å²) in [5.74, 6) is -3.49. The molecular formula is C31H22O9. The van der Waals surface area contributed by atoms with Crippen LogP contribution < -0.4 is 9.47 Å². The highest BCUT2D eigenvalue weighted by molar-refractivity contribution is 6.14. The van der Waals surface area contributed by atoms with E-state index >= 15 is 0 Å². The van der Waals surface area contributed by atoms with Gasteiger partial charge in [-0.3, -0.25) is 4.79 Å². The van der Waals surface area contributed by atoms with E-state index in [-0.39, 0.29) is 44.9 Å². The topological polar surface area (TPSA) is 122 Å². The molecule has 40 heavy (non-hydrogen) atoms. The van der Waals surface area contributed by atoms with Crippen molar-refractivity contribution in [3.8, 4) is 11.5 Å². The molecule has 0 amide bonds. The number of hydrogen-bond donors (Lipinski definition) is 0. The Morgan fingerprint density at radius 2 is 0.825 bits per heavy atom. The fraction of sp³-hybridized carbons (Fsp3) is 0.0645. The molecule has 0 spiro atoms. The first-order valence-electron chi connectivity index (χ1n) is 11.9. The van der Waals surface area contributed by atoms with E-state index in [4.69, 9.17) is 18.9 Å². The summed E-state index contributed by atoms with van der Waals surface area (Å²) in [5, 5.41) is 0. The maximum Gasteiger partial charge on any atom is 0.344 e. The molecule has 0 heterocycles. The van der Waals surface area contributed by atoms with Gasteiger partial charge in [-0.2, -0.15) is 0 Å². The van der Waals surface area contributed by atoms with Gasteiger partial charge in [0.05, 0.1) is 36.5 Å². The average Bonchev–Trinajstić information content (AvgIpc) is 3.00. The van der Waals surface area contributed by atoms with Gasteiger partial charge in [0.15, 0.2) is 5.78 Å². The number of esters is 4. The summed E-state index contributed by atoms with van der Waals surface area (Å²) in [5.41, 5.74) is -0.573. The third-order valence-corrected chi connectivity index (χ3v) is 5.72. The smallest absolute Gasteiger partial charge is 0.344 e. The monoisotopic (exact) mass is 538 g/mol. The second kappa shape index (κ2) is 12.3. The lowest BCUT2D eigenvalue weighted by Crippen LogP contribution is -2.18. The maximum absolute atomic E-state index is 13.5. The molecule has 0 radical (unpaired) electrons. The molecule has 4 aromatic carbocycles. The number of ether oxygens (including phenoxy) is 4. The number of hydrogen-bond acceptors (Lipinski definition) is 9. The first-order valence-corrected chi connectivity index (χ1v) is 11.9. The standard InChI is InChI=1S/C31H22O9/c1-37-28(33)23-15-13-19(17-25(23)30(35)39-21-9-5-3-6-10-21)27(32)20-14-16-24(29(34)38-2)26(18-20)31(36)40-22-11-7-4-8-12-22/h3-18H,1-2H3. The summed E-state index contributed by atoms with van der Waals surface area (Å²) >= 11 is 0. The maximum atomic E-state index is 13.5. The van der Waals surface area contributed by atoms with Gasteiger partial charge in [-0.1, -0.05) is 48.5 Å². The van der Waals surface area contributed by atoms with Crippen LogP contribution in [0.2, 0.25) is 0 Å². The van der Waals surface area contributed by atoms with E-state index in [2.05, 4.69) is 0 Å². The molecule has 9 nitrogen and oxygen atoms in total. The Kier molecular flexibility index (Phi) is 8.46. The molecule has 200 valence electrons. The lowest BCUT2D eigenvalue weighted by molar-refractivity contribution is 0.0583. The van der Waals surface area contributed by atoms with Crippen LogP contribution in [0.5, 0.6) is 11.5 Å². The second-order valence-electron chi connectivity index (χ2n) is 8.24. The predicted molar refractivity (Wildman–Crippen MR) is 142 cm³/mol. The van der Waals surface area contributed by atoms with Gasteiger partial charge < -0.3 is 18.9 Å². The number of carbonyl (C=O) groups excluding carboxylic acids is 5. The van der Waals surface area contributed by atoms with Crippen molar-refractivity contribution < 1.29 is 42.9 Å². The molecule has 0 atom stereocenters. The molecule has 0 bridgehead atoms. The summed E-state index contributed by atoms with van der Waals surface area (Å²) in [4.78, 5) is 64.1. The Bertz CT molecular complexity index is 1470. The summed E-state index contributed by atoms with van der Waals surface area (Å²) in [6.45, 7) is 0. The number of benzene rings is 4. The molecule has 0 saturated carbocycles. The molecule has 0 aliphatic rings. The molecular weight excluding hydrogens is 516 g/mol. The molecule has 0 aliphatic carbocycles. The summed E-state index contributed by atoms with van der Waals surface area (Å²) in [7, 11) is 2.32. The van der Waals surface area contributed by atoms with Gasteiger partial charge in [-0.25, -0.2) is 19.2 Å². The van der Waals surface area contributed by atoms with Crippen LogP contribution in [-0.4, -0.2) is 43.9 Å². The third-order valence-electron chi connectivity index (χ3n) is 5.72. The Hall–Kier alpha value is -5.57. The average molecular weight is 539 g/mol. The normalized spacial score (nSPS) is 10.2. The summed E-state index contributed by atoms with van der Waals surface area (Å²) < 4.78 is 20.3. The third kappa shape index (κ3) is 6.11. The van der Waals surface area contributed by atoms with Gasteiger partial charge in [-0.15, -0.1) is 0 Å². The van der Waals surface area contributed by atoms with Gasteiger partial charge in [0.25, 0.3) is 0 Å². The van der Waals surface area contributed by atoms with Crippen LogP contribution in [0.25, 0.3) is 0 Å². The number of para-hydroxylation sites is 2. The van der Waals surface area contributed by atoms with E-state index in [1.165, 1.54) is 36.4 Å². The highest BCUT2D eigenvalue weighted by Crippen LogP contribution is 2.23. The van der Waals surface area contributed by atoms with Crippen LogP contribution in [0, 0.1) is 0 Å². The van der Waals surface area contributed by atoms with Gasteiger partial charge in [-0.05, 0) is 48.5 Å². The molecule has 0 unspecified atom stereocenters. The zero-order valence-electron chi connectivity index (χ0n) is 21.4. The zero-order chi connectivity index (χ0) is 28.6. The van der Waals surface area contributed by atoms with Crippen molar-refractivity contribution in [3.05, 3.63) is 130 Å². The van der Waals surface area contributed by atoms with Crippen LogP contribution in [0.3, 0.4) is 0 Å². The lowest BCUT2D eigenvalue weighted by atomic mass is 9.95. The van der Waals surface area contributed by atoms with Gasteiger partial charge in [0, 0.05) is 11.1 Å². The van der Waals surface area contributed by atoms with Gasteiger partial charge in [0.1, 0.15) is 11.5 Å². The van der Waals surface area contributed by atoms with E-state index in [0.717, 1.165) is 14.2 Å². The fourth-order valence-corrected chi connectivity index (χ4v) is 3.75. The number of rotatable bonds is 8.